The van der Waals surface area contributed by atoms with Crippen molar-refractivity contribution in [2.24, 2.45) is 0 Å². The Balaban J connectivity index is 0.000000299. The maximum absolute atomic E-state index is 13.8. The molecule has 1 heterocycles. The summed E-state index contributed by atoms with van der Waals surface area (Å²) in [5.41, 5.74) is 15.6. The molecule has 0 aliphatic carbocycles. The highest BCUT2D eigenvalue weighted by molar-refractivity contribution is 5.93. The molecule has 1 fully saturated rings. The molecule has 404 valence electrons. The van der Waals surface area contributed by atoms with Crippen molar-refractivity contribution in [3.63, 3.8) is 0 Å². The number of esters is 2. The molecule has 1 aliphatic rings. The highest BCUT2D eigenvalue weighted by Crippen LogP contribution is 2.19. The van der Waals surface area contributed by atoms with Gasteiger partial charge in [0.2, 0.25) is 23.6 Å². The van der Waals surface area contributed by atoms with Crippen LogP contribution in [-0.2, 0) is 64.4 Å². The second-order valence-electron chi connectivity index (χ2n) is 15.9. The van der Waals surface area contributed by atoms with E-state index in [1.807, 2.05) is 36.4 Å². The van der Waals surface area contributed by atoms with E-state index in [0.29, 0.717) is 24.5 Å². The molecular weight excluding hydrogens is 980 g/mol. The van der Waals surface area contributed by atoms with E-state index in [2.05, 4.69) is 52.6 Å². The van der Waals surface area contributed by atoms with E-state index in [9.17, 15) is 47.5 Å². The number of nitrogens with two attached hydrogens (primary N) is 2. The average molecular weight is 1050 g/mol. The van der Waals surface area contributed by atoms with Gasteiger partial charge in [0.1, 0.15) is 24.2 Å². The molecule has 13 N–H and O–H groups in total. The van der Waals surface area contributed by atoms with Crippen LogP contribution >= 0.6 is 0 Å². The fraction of sp³-hybridized carbons (Fsp3) is 0.340. The number of anilines is 3. The number of ether oxygens (including phenoxy) is 3. The average Bonchev–Trinajstić information content (AvgIpc) is 3.39. The lowest BCUT2D eigenvalue weighted by atomic mass is 10.1. The summed E-state index contributed by atoms with van der Waals surface area (Å²) in [5.74, 6) is -2.45. The summed E-state index contributed by atoms with van der Waals surface area (Å²) >= 11 is 0. The third-order valence-corrected chi connectivity index (χ3v) is 10.2. The molecule has 5 rings (SSSR count). The summed E-state index contributed by atoms with van der Waals surface area (Å²) < 4.78 is 28.4. The zero-order valence-corrected chi connectivity index (χ0v) is 42.1. The molecule has 0 saturated carbocycles. The number of hydrogen-bond acceptors (Lipinski definition) is 14. The highest BCUT2D eigenvalue weighted by Gasteiger charge is 2.35. The van der Waals surface area contributed by atoms with Gasteiger partial charge < -0.3 is 78.4 Å². The molecule has 1 saturated heterocycles. The summed E-state index contributed by atoms with van der Waals surface area (Å²) in [7, 11) is 1.59. The first-order chi connectivity index (χ1) is 35.9. The van der Waals surface area contributed by atoms with Gasteiger partial charge in [0.15, 0.2) is 0 Å². The van der Waals surface area contributed by atoms with E-state index in [-0.39, 0.29) is 88.5 Å². The molecule has 24 nitrogen and oxygen atoms in total. The Hall–Kier alpha value is -9.16. The first kappa shape index (κ1) is 60.1. The monoisotopic (exact) mass is 1040 g/mol. The number of rotatable bonds is 20. The normalized spacial score (nSPS) is 12.2. The van der Waals surface area contributed by atoms with E-state index in [4.69, 9.17) is 20.9 Å². The van der Waals surface area contributed by atoms with Gasteiger partial charge in [0.05, 0.1) is 39.8 Å². The molecule has 0 aromatic heterocycles. The largest absolute Gasteiger partial charge is 0.497 e. The molecule has 75 heavy (non-hydrogen) atoms. The van der Waals surface area contributed by atoms with Crippen LogP contribution in [0.4, 0.5) is 35.8 Å². The summed E-state index contributed by atoms with van der Waals surface area (Å²) in [5, 5.41) is 22.8. The van der Waals surface area contributed by atoms with Crippen molar-refractivity contribution in [3.8, 4) is 5.75 Å². The third-order valence-electron chi connectivity index (χ3n) is 10.2. The topological polar surface area (TPSA) is 345 Å². The minimum absolute atomic E-state index is 0.0997. The van der Waals surface area contributed by atoms with Gasteiger partial charge in [-0.15, -0.1) is 0 Å². The Kier molecular flexibility index (Phi) is 26.3. The van der Waals surface area contributed by atoms with Crippen molar-refractivity contribution in [1.29, 1.82) is 0 Å². The summed E-state index contributed by atoms with van der Waals surface area (Å²) in [6.45, 7) is 5.75. The summed E-state index contributed by atoms with van der Waals surface area (Å²) in [6.07, 6.45) is -0.227. The Bertz CT molecular complexity index is 2550. The van der Waals surface area contributed by atoms with Crippen LogP contribution in [0.25, 0.3) is 0 Å². The molecule has 0 bridgehead atoms. The predicted octanol–water partition coefficient (Wildman–Crippen LogP) is 1.89. The Morgan fingerprint density at radius 2 is 1.19 bits per heavy atom. The number of nitrogens with zero attached hydrogens (tertiary/aromatic N) is 1. The molecule has 0 radical (unpaired) electrons. The number of amides is 10. The van der Waals surface area contributed by atoms with Crippen LogP contribution < -0.4 is 64.1 Å². The number of carbonyl (C=O) groups is 9. The lowest BCUT2D eigenvalue weighted by molar-refractivity contribution is -0.151. The van der Waals surface area contributed by atoms with Crippen LogP contribution in [0.5, 0.6) is 5.75 Å². The number of urea groups is 3. The Morgan fingerprint density at radius 3 is 1.76 bits per heavy atom. The molecule has 0 spiro atoms. The van der Waals surface area contributed by atoms with Crippen LogP contribution in [0.2, 0.25) is 0 Å². The lowest BCUT2D eigenvalue weighted by Crippen LogP contribution is -2.59. The number of hydrogen-bond donors (Lipinski definition) is 11. The third kappa shape index (κ3) is 23.7. The van der Waals surface area contributed by atoms with Gasteiger partial charge in [-0.2, -0.15) is 0 Å². The first-order valence-electron chi connectivity index (χ1n) is 23.5. The minimum Gasteiger partial charge on any atom is -0.497 e. The van der Waals surface area contributed by atoms with Crippen molar-refractivity contribution < 1.29 is 61.8 Å². The van der Waals surface area contributed by atoms with Gasteiger partial charge in [0, 0.05) is 68.8 Å². The zero-order chi connectivity index (χ0) is 55.1. The Labute approximate surface area is 432 Å². The smallest absolute Gasteiger partial charge is 0.325 e. The van der Waals surface area contributed by atoms with Crippen LogP contribution in [-0.4, -0.2) is 118 Å². The minimum atomic E-state index is -0.945. The van der Waals surface area contributed by atoms with Gasteiger partial charge in [-0.05, 0) is 79.1 Å². The van der Waals surface area contributed by atoms with Crippen LogP contribution in [0.15, 0.2) is 91.0 Å². The van der Waals surface area contributed by atoms with E-state index < -0.39 is 53.7 Å². The fourth-order valence-electron chi connectivity index (χ4n) is 6.46. The maximum atomic E-state index is 13.8. The van der Waals surface area contributed by atoms with Crippen molar-refractivity contribution >= 4 is 70.7 Å². The van der Waals surface area contributed by atoms with Crippen molar-refractivity contribution in [1.82, 2.24) is 47.4 Å². The van der Waals surface area contributed by atoms with Gasteiger partial charge in [-0.1, -0.05) is 42.5 Å². The quantitative estimate of drug-likeness (QED) is 0.0445. The molecule has 4 aromatic carbocycles. The zero-order valence-electron chi connectivity index (χ0n) is 42.1. The van der Waals surface area contributed by atoms with Crippen molar-refractivity contribution in [2.75, 3.05) is 69.8 Å². The highest BCUT2D eigenvalue weighted by atomic mass is 19.1. The second kappa shape index (κ2) is 32.7. The first-order valence-corrected chi connectivity index (χ1v) is 23.5. The number of carbonyl (C=O) groups excluding carboxylic acids is 9. The lowest BCUT2D eigenvalue weighted by Gasteiger charge is -2.34. The molecule has 4 aromatic rings. The van der Waals surface area contributed by atoms with Gasteiger partial charge in [0.25, 0.3) is 0 Å². The molecule has 1 aliphatic heterocycles. The molecule has 1 unspecified atom stereocenters. The van der Waals surface area contributed by atoms with Crippen molar-refractivity contribution in [2.45, 2.75) is 59.4 Å². The molecule has 1 atom stereocenters. The van der Waals surface area contributed by atoms with Crippen LogP contribution in [0, 0.1) is 5.82 Å². The number of methoxy groups -OCH3 is 1. The van der Waals surface area contributed by atoms with Crippen LogP contribution in [0.3, 0.4) is 0 Å². The number of nitrogens with one attached hydrogen (secondary N) is 9. The predicted molar refractivity (Wildman–Crippen MR) is 274 cm³/mol. The number of halogens is 1. The SMILES string of the molecule is CCOC(=O)CC1C(=O)NCCN1C(=O)CNC(=O)NCc1ccc(N)cc1.CCOC(=O)CNC(=O)NCc1c(F)cccc1NC(C)=O.COc1cccc(CNC(=O)CNC(=O)NCc2ccc(N)cc2)c1. The molecule has 25 heteroatoms. The maximum Gasteiger partial charge on any atom is 0.325 e. The summed E-state index contributed by atoms with van der Waals surface area (Å²) in [4.78, 5) is 107. The second-order valence-corrected chi connectivity index (χ2v) is 15.9. The van der Waals surface area contributed by atoms with Gasteiger partial charge in [-0.3, -0.25) is 28.8 Å². The Morgan fingerprint density at radius 1 is 0.653 bits per heavy atom. The number of piperazine rings is 1. The number of nitrogen functional groups attached to an aromatic ring is 2. The van der Waals surface area contributed by atoms with Crippen molar-refractivity contribution in [3.05, 3.63) is 119 Å². The van der Waals surface area contributed by atoms with E-state index in [1.54, 1.807) is 57.4 Å². The molecule has 10 amide bonds. The van der Waals surface area contributed by atoms with Gasteiger partial charge >= 0.3 is 30.0 Å². The summed E-state index contributed by atoms with van der Waals surface area (Å²) in [6, 6.07) is 23.3. The van der Waals surface area contributed by atoms with E-state index in [1.165, 1.54) is 30.0 Å². The van der Waals surface area contributed by atoms with Gasteiger partial charge in [-0.25, -0.2) is 18.8 Å². The van der Waals surface area contributed by atoms with E-state index >= 15 is 0 Å². The fourth-order valence-corrected chi connectivity index (χ4v) is 6.46. The standard InChI is InChI=1S/C18H25N5O5.C18H22N4O3.C14H18FN3O4/c1-2-28-16(25)9-14-17(26)20-7-8-23(14)15(24)11-22-18(27)21-10-12-3-5-13(19)6-4-12;1-25-16-4-2-3-14(9-16)11-20-17(23)12-22-18(24)21-10-13-5-7-15(19)8-6-13;1-3-22-13(20)8-17-14(21)16-7-10-11(15)5-4-6-12(10)18-9(2)19/h3-6,14H,2,7-11,19H2,1H3,(H,20,26)(H2,21,22,27);2-9H,10-12,19H2,1H3,(H,20,23)(H2,21,22,24);4-6H,3,7-8H2,1-2H3,(H,18,19)(H2,16,17,21). The number of benzene rings is 4. The molecular formula is C50H65FN12O12. The van der Waals surface area contributed by atoms with E-state index in [0.717, 1.165) is 22.4 Å². The van der Waals surface area contributed by atoms with Crippen LogP contribution in [0.1, 0.15) is 49.4 Å².